The predicted molar refractivity (Wildman–Crippen MR) is 128 cm³/mol. The van der Waals surface area contributed by atoms with Crippen LogP contribution in [0.2, 0.25) is 0 Å². The summed E-state index contributed by atoms with van der Waals surface area (Å²) in [7, 11) is 1.84. The first kappa shape index (κ1) is 23.9. The van der Waals surface area contributed by atoms with Gasteiger partial charge in [-0.3, -0.25) is 9.79 Å². The molecule has 0 bridgehead atoms. The molecule has 1 aromatic rings. The van der Waals surface area contributed by atoms with Gasteiger partial charge in [-0.1, -0.05) is 19.1 Å². The summed E-state index contributed by atoms with van der Waals surface area (Å²) in [5.74, 6) is 1.85. The number of nitrogens with one attached hydrogen (secondary N) is 1. The standard InChI is InChI=1S/C22H34N4O2.HI/c1-16-9-11-25(12-10-16)22(23-4)24-13-19-5-7-20(8-6-19)21(27)26-14-17(2)28-18(3)15-26;/h5-8,16-18H,9-15H2,1-4H3,(H,23,24);1H. The first-order valence-electron chi connectivity index (χ1n) is 10.5. The number of amides is 1. The number of likely N-dealkylation sites (tertiary alicyclic amines) is 1. The van der Waals surface area contributed by atoms with Gasteiger partial charge in [0.25, 0.3) is 5.91 Å². The van der Waals surface area contributed by atoms with Crippen LogP contribution in [0.1, 0.15) is 49.5 Å². The van der Waals surface area contributed by atoms with E-state index in [4.69, 9.17) is 4.74 Å². The molecule has 0 aromatic heterocycles. The molecule has 2 atom stereocenters. The molecule has 2 fully saturated rings. The summed E-state index contributed by atoms with van der Waals surface area (Å²) in [6.45, 7) is 10.5. The highest BCUT2D eigenvalue weighted by molar-refractivity contribution is 14.0. The number of ether oxygens (including phenoxy) is 1. The number of aliphatic imine (C=N–C) groups is 1. The zero-order valence-corrected chi connectivity index (χ0v) is 20.4. The molecule has 0 aliphatic carbocycles. The molecule has 2 aliphatic rings. The molecule has 0 saturated carbocycles. The van der Waals surface area contributed by atoms with Crippen LogP contribution in [0.15, 0.2) is 29.3 Å². The van der Waals surface area contributed by atoms with Crippen molar-refractivity contribution < 1.29 is 9.53 Å². The first-order chi connectivity index (χ1) is 13.5. The zero-order chi connectivity index (χ0) is 20.1. The van der Waals surface area contributed by atoms with Crippen LogP contribution in [-0.4, -0.2) is 67.1 Å². The first-order valence-corrected chi connectivity index (χ1v) is 10.5. The van der Waals surface area contributed by atoms with Crippen molar-refractivity contribution in [2.45, 2.75) is 52.4 Å². The lowest BCUT2D eigenvalue weighted by Gasteiger charge is -2.35. The summed E-state index contributed by atoms with van der Waals surface area (Å²) in [4.78, 5) is 21.4. The van der Waals surface area contributed by atoms with Gasteiger partial charge in [0.15, 0.2) is 5.96 Å². The van der Waals surface area contributed by atoms with Gasteiger partial charge in [-0.2, -0.15) is 0 Å². The molecule has 7 heteroatoms. The minimum Gasteiger partial charge on any atom is -0.372 e. The fourth-order valence-corrected chi connectivity index (χ4v) is 4.03. The van der Waals surface area contributed by atoms with E-state index in [0.29, 0.717) is 19.6 Å². The van der Waals surface area contributed by atoms with E-state index in [1.54, 1.807) is 0 Å². The molecular weight excluding hydrogens is 479 g/mol. The third kappa shape index (κ3) is 6.57. The average molecular weight is 514 g/mol. The summed E-state index contributed by atoms with van der Waals surface area (Å²) in [6.07, 6.45) is 2.61. The molecule has 1 aromatic carbocycles. The van der Waals surface area contributed by atoms with Crippen molar-refractivity contribution in [1.82, 2.24) is 15.1 Å². The Bertz CT molecular complexity index is 677. The Morgan fingerprint density at radius 2 is 1.66 bits per heavy atom. The fraction of sp³-hybridized carbons (Fsp3) is 0.636. The molecule has 162 valence electrons. The summed E-state index contributed by atoms with van der Waals surface area (Å²) in [5.41, 5.74) is 1.88. The highest BCUT2D eigenvalue weighted by Gasteiger charge is 2.26. The topological polar surface area (TPSA) is 57.2 Å². The molecule has 29 heavy (non-hydrogen) atoms. The summed E-state index contributed by atoms with van der Waals surface area (Å²) >= 11 is 0. The van der Waals surface area contributed by atoms with Crippen LogP contribution < -0.4 is 5.32 Å². The molecule has 1 amide bonds. The summed E-state index contributed by atoms with van der Waals surface area (Å²) < 4.78 is 5.72. The van der Waals surface area contributed by atoms with E-state index in [1.165, 1.54) is 12.8 Å². The van der Waals surface area contributed by atoms with Crippen LogP contribution in [-0.2, 0) is 11.3 Å². The Hall–Kier alpha value is -1.35. The molecule has 1 N–H and O–H groups in total. The van der Waals surface area contributed by atoms with E-state index in [2.05, 4.69) is 22.1 Å². The monoisotopic (exact) mass is 514 g/mol. The molecule has 2 saturated heterocycles. The number of hydrogen-bond acceptors (Lipinski definition) is 3. The van der Waals surface area contributed by atoms with Gasteiger partial charge in [-0.15, -0.1) is 24.0 Å². The van der Waals surface area contributed by atoms with E-state index >= 15 is 0 Å². The number of rotatable bonds is 3. The van der Waals surface area contributed by atoms with E-state index < -0.39 is 0 Å². The number of hydrogen-bond donors (Lipinski definition) is 1. The van der Waals surface area contributed by atoms with E-state index in [9.17, 15) is 4.79 Å². The quantitative estimate of drug-likeness (QED) is 0.382. The zero-order valence-electron chi connectivity index (χ0n) is 18.1. The lowest BCUT2D eigenvalue weighted by Crippen LogP contribution is -2.48. The van der Waals surface area contributed by atoms with Gasteiger partial charge in [0.2, 0.25) is 0 Å². The molecule has 3 rings (SSSR count). The van der Waals surface area contributed by atoms with Crippen molar-refractivity contribution in [3.8, 4) is 0 Å². The van der Waals surface area contributed by atoms with Gasteiger partial charge in [-0.25, -0.2) is 0 Å². The SMILES string of the molecule is CN=C(NCc1ccc(C(=O)N2CC(C)OC(C)C2)cc1)N1CCC(C)CC1.I. The molecular formula is C22H35IN4O2. The summed E-state index contributed by atoms with van der Waals surface area (Å²) in [5, 5.41) is 3.46. The predicted octanol–water partition coefficient (Wildman–Crippen LogP) is 3.36. The van der Waals surface area contributed by atoms with Crippen LogP contribution in [0.25, 0.3) is 0 Å². The summed E-state index contributed by atoms with van der Waals surface area (Å²) in [6, 6.07) is 7.91. The lowest BCUT2D eigenvalue weighted by atomic mass is 9.99. The fourth-order valence-electron chi connectivity index (χ4n) is 4.03. The maximum absolute atomic E-state index is 12.8. The van der Waals surface area contributed by atoms with Crippen LogP contribution >= 0.6 is 24.0 Å². The number of piperidine rings is 1. The Labute approximate surface area is 192 Å². The van der Waals surface area contributed by atoms with Gasteiger partial charge < -0.3 is 19.9 Å². The number of halogens is 1. The smallest absolute Gasteiger partial charge is 0.254 e. The van der Waals surface area contributed by atoms with Gasteiger partial charge in [0.05, 0.1) is 12.2 Å². The second-order valence-corrected chi connectivity index (χ2v) is 8.23. The number of nitrogens with zero attached hydrogens (tertiary/aromatic N) is 3. The van der Waals surface area contributed by atoms with E-state index in [-0.39, 0.29) is 42.1 Å². The van der Waals surface area contributed by atoms with Crippen LogP contribution in [0.4, 0.5) is 0 Å². The molecule has 2 heterocycles. The third-order valence-electron chi connectivity index (χ3n) is 5.65. The van der Waals surface area contributed by atoms with Crippen LogP contribution in [0.3, 0.4) is 0 Å². The minimum absolute atomic E-state index is 0. The third-order valence-corrected chi connectivity index (χ3v) is 5.65. The Morgan fingerprint density at radius 3 is 2.21 bits per heavy atom. The normalized spacial score (nSPS) is 23.5. The van der Waals surface area contributed by atoms with Gasteiger partial charge in [0, 0.05) is 45.3 Å². The molecule has 6 nitrogen and oxygen atoms in total. The highest BCUT2D eigenvalue weighted by atomic mass is 127. The van der Waals surface area contributed by atoms with Crippen molar-refractivity contribution in [3.05, 3.63) is 35.4 Å². The van der Waals surface area contributed by atoms with Crippen LogP contribution in [0, 0.1) is 5.92 Å². The number of guanidine groups is 1. The van der Waals surface area contributed by atoms with E-state index in [0.717, 1.165) is 36.1 Å². The number of benzene rings is 1. The van der Waals surface area contributed by atoms with Gasteiger partial charge >= 0.3 is 0 Å². The van der Waals surface area contributed by atoms with Crippen molar-refractivity contribution >= 4 is 35.8 Å². The van der Waals surface area contributed by atoms with Crippen LogP contribution in [0.5, 0.6) is 0 Å². The average Bonchev–Trinajstić information content (AvgIpc) is 2.69. The van der Waals surface area contributed by atoms with Gasteiger partial charge in [-0.05, 0) is 50.3 Å². The van der Waals surface area contributed by atoms with Gasteiger partial charge in [0.1, 0.15) is 0 Å². The molecule has 0 radical (unpaired) electrons. The van der Waals surface area contributed by atoms with Crippen molar-refractivity contribution in [3.63, 3.8) is 0 Å². The highest BCUT2D eigenvalue weighted by Crippen LogP contribution is 2.17. The second-order valence-electron chi connectivity index (χ2n) is 8.23. The molecule has 0 spiro atoms. The maximum Gasteiger partial charge on any atom is 0.254 e. The largest absolute Gasteiger partial charge is 0.372 e. The Balaban J connectivity index is 0.00000300. The lowest BCUT2D eigenvalue weighted by molar-refractivity contribution is -0.0586. The van der Waals surface area contributed by atoms with Crippen molar-refractivity contribution in [1.29, 1.82) is 0 Å². The maximum atomic E-state index is 12.8. The molecule has 2 aliphatic heterocycles. The van der Waals surface area contributed by atoms with Crippen molar-refractivity contribution in [2.75, 3.05) is 33.2 Å². The van der Waals surface area contributed by atoms with Crippen molar-refractivity contribution in [2.24, 2.45) is 10.9 Å². The Morgan fingerprint density at radius 1 is 1.07 bits per heavy atom. The van der Waals surface area contributed by atoms with E-state index in [1.807, 2.05) is 50.1 Å². The number of carbonyl (C=O) groups is 1. The molecule has 2 unspecified atom stereocenters. The number of carbonyl (C=O) groups excluding carboxylic acids is 1. The Kier molecular flexibility index (Phi) is 9.20. The minimum atomic E-state index is 0. The second kappa shape index (κ2) is 11.2. The number of morpholine rings is 1.